The monoisotopic (exact) mass is 321 g/mol. The molecule has 0 aromatic carbocycles. The molecule has 2 aromatic heterocycles. The second-order valence-electron chi connectivity index (χ2n) is 5.66. The number of imidazole rings is 1. The van der Waals surface area contributed by atoms with E-state index in [0.29, 0.717) is 18.9 Å². The minimum absolute atomic E-state index is 0.0330. The SMILES string of the molecule is Cc1cc(-n2ccnc2)nc([C@@H]2CCCN(S(C)(=O)=O)C2)n1. The van der Waals surface area contributed by atoms with Gasteiger partial charge in [-0.25, -0.2) is 27.7 Å². The normalized spacial score (nSPS) is 20.2. The van der Waals surface area contributed by atoms with Gasteiger partial charge in [-0.15, -0.1) is 0 Å². The predicted octanol–water partition coefficient (Wildman–Crippen LogP) is 1.11. The van der Waals surface area contributed by atoms with E-state index < -0.39 is 10.0 Å². The Morgan fingerprint density at radius 1 is 1.32 bits per heavy atom. The summed E-state index contributed by atoms with van der Waals surface area (Å²) in [5.41, 5.74) is 0.866. The summed E-state index contributed by atoms with van der Waals surface area (Å²) in [6.45, 7) is 2.95. The highest BCUT2D eigenvalue weighted by atomic mass is 32.2. The van der Waals surface area contributed by atoms with Crippen LogP contribution in [0.5, 0.6) is 0 Å². The molecule has 2 aromatic rings. The van der Waals surface area contributed by atoms with E-state index >= 15 is 0 Å². The third kappa shape index (κ3) is 3.17. The fourth-order valence-corrected chi connectivity index (χ4v) is 3.65. The summed E-state index contributed by atoms with van der Waals surface area (Å²) >= 11 is 0. The van der Waals surface area contributed by atoms with Gasteiger partial charge in [0.2, 0.25) is 10.0 Å². The second-order valence-corrected chi connectivity index (χ2v) is 7.64. The van der Waals surface area contributed by atoms with Crippen molar-refractivity contribution >= 4 is 10.0 Å². The number of nitrogens with zero attached hydrogens (tertiary/aromatic N) is 5. The van der Waals surface area contributed by atoms with Crippen LogP contribution < -0.4 is 0 Å². The van der Waals surface area contributed by atoms with Crippen LogP contribution in [0, 0.1) is 6.92 Å². The van der Waals surface area contributed by atoms with E-state index in [1.807, 2.05) is 23.8 Å². The smallest absolute Gasteiger partial charge is 0.211 e. The second kappa shape index (κ2) is 5.77. The number of rotatable bonds is 3. The average Bonchev–Trinajstić information content (AvgIpc) is 3.00. The molecule has 3 heterocycles. The Kier molecular flexibility index (Phi) is 3.96. The molecule has 22 heavy (non-hydrogen) atoms. The van der Waals surface area contributed by atoms with Crippen molar-refractivity contribution in [3.05, 3.63) is 36.3 Å². The summed E-state index contributed by atoms with van der Waals surface area (Å²) in [5.74, 6) is 1.50. The first-order valence-corrected chi connectivity index (χ1v) is 9.07. The topological polar surface area (TPSA) is 81.0 Å². The standard InChI is InChI=1S/C14H19N5O2S/c1-11-8-13(18-7-5-15-10-18)17-14(16-11)12-4-3-6-19(9-12)22(2,20)21/h5,7-8,10,12H,3-4,6,9H2,1-2H3/t12-/m1/s1. The van der Waals surface area contributed by atoms with Crippen molar-refractivity contribution in [3.63, 3.8) is 0 Å². The van der Waals surface area contributed by atoms with E-state index in [1.165, 1.54) is 10.6 Å². The Hall–Kier alpha value is -1.80. The van der Waals surface area contributed by atoms with E-state index in [1.54, 1.807) is 12.5 Å². The lowest BCUT2D eigenvalue weighted by Crippen LogP contribution is -2.38. The number of aryl methyl sites for hydroxylation is 1. The van der Waals surface area contributed by atoms with Gasteiger partial charge >= 0.3 is 0 Å². The van der Waals surface area contributed by atoms with Crippen molar-refractivity contribution in [2.75, 3.05) is 19.3 Å². The van der Waals surface area contributed by atoms with Crippen LogP contribution in [0.3, 0.4) is 0 Å². The molecule has 0 spiro atoms. The molecule has 0 radical (unpaired) electrons. The number of hydrogen-bond donors (Lipinski definition) is 0. The van der Waals surface area contributed by atoms with E-state index in [9.17, 15) is 8.42 Å². The summed E-state index contributed by atoms with van der Waals surface area (Å²) in [7, 11) is -3.17. The molecule has 1 aliphatic rings. The van der Waals surface area contributed by atoms with Crippen molar-refractivity contribution in [2.24, 2.45) is 0 Å². The van der Waals surface area contributed by atoms with E-state index in [2.05, 4.69) is 15.0 Å². The van der Waals surface area contributed by atoms with Crippen LogP contribution >= 0.6 is 0 Å². The maximum atomic E-state index is 11.8. The van der Waals surface area contributed by atoms with Crippen molar-refractivity contribution in [2.45, 2.75) is 25.7 Å². The zero-order valence-electron chi connectivity index (χ0n) is 12.7. The minimum atomic E-state index is -3.17. The Balaban J connectivity index is 1.91. The number of sulfonamides is 1. The van der Waals surface area contributed by atoms with Gasteiger partial charge in [0.05, 0.1) is 6.26 Å². The summed E-state index contributed by atoms with van der Waals surface area (Å²) in [6, 6.07) is 1.89. The molecule has 1 atom stereocenters. The molecule has 0 saturated carbocycles. The Bertz CT molecular complexity index is 758. The van der Waals surface area contributed by atoms with Gasteiger partial charge in [0.1, 0.15) is 18.0 Å². The molecular formula is C14H19N5O2S. The number of piperidine rings is 1. The van der Waals surface area contributed by atoms with Crippen LogP contribution in [0.4, 0.5) is 0 Å². The average molecular weight is 321 g/mol. The van der Waals surface area contributed by atoms with Crippen LogP contribution in [-0.2, 0) is 10.0 Å². The molecule has 1 fully saturated rings. The highest BCUT2D eigenvalue weighted by molar-refractivity contribution is 7.88. The molecule has 3 rings (SSSR count). The largest absolute Gasteiger partial charge is 0.290 e. The van der Waals surface area contributed by atoms with E-state index in [4.69, 9.17) is 0 Å². The Morgan fingerprint density at radius 2 is 2.14 bits per heavy atom. The van der Waals surface area contributed by atoms with E-state index in [0.717, 1.165) is 24.4 Å². The molecule has 0 amide bonds. The molecule has 1 saturated heterocycles. The summed E-state index contributed by atoms with van der Waals surface area (Å²) in [5, 5.41) is 0. The zero-order chi connectivity index (χ0) is 15.7. The summed E-state index contributed by atoms with van der Waals surface area (Å²) < 4.78 is 26.9. The van der Waals surface area contributed by atoms with E-state index in [-0.39, 0.29) is 5.92 Å². The first-order valence-electron chi connectivity index (χ1n) is 7.22. The number of aromatic nitrogens is 4. The van der Waals surface area contributed by atoms with Gasteiger partial charge < -0.3 is 0 Å². The molecule has 8 heteroatoms. The van der Waals surface area contributed by atoms with Crippen molar-refractivity contribution in [1.82, 2.24) is 23.8 Å². The molecule has 1 aliphatic heterocycles. The molecule has 0 unspecified atom stereocenters. The maximum Gasteiger partial charge on any atom is 0.211 e. The first-order chi connectivity index (χ1) is 10.4. The van der Waals surface area contributed by atoms with Crippen LogP contribution in [0.2, 0.25) is 0 Å². The molecule has 7 nitrogen and oxygen atoms in total. The summed E-state index contributed by atoms with van der Waals surface area (Å²) in [4.78, 5) is 13.2. The Labute approximate surface area is 130 Å². The van der Waals surface area contributed by atoms with Crippen LogP contribution in [0.25, 0.3) is 5.82 Å². The molecule has 0 aliphatic carbocycles. The number of hydrogen-bond acceptors (Lipinski definition) is 5. The summed E-state index contributed by atoms with van der Waals surface area (Å²) in [6.07, 6.45) is 8.20. The fourth-order valence-electron chi connectivity index (χ4n) is 2.74. The Morgan fingerprint density at radius 3 is 2.82 bits per heavy atom. The fraction of sp³-hybridized carbons (Fsp3) is 0.500. The third-order valence-electron chi connectivity index (χ3n) is 3.85. The minimum Gasteiger partial charge on any atom is -0.290 e. The zero-order valence-corrected chi connectivity index (χ0v) is 13.5. The molecule has 0 bridgehead atoms. The molecule has 118 valence electrons. The maximum absolute atomic E-state index is 11.8. The van der Waals surface area contributed by atoms with Crippen LogP contribution in [0.1, 0.15) is 30.3 Å². The van der Waals surface area contributed by atoms with Crippen molar-refractivity contribution in [3.8, 4) is 5.82 Å². The highest BCUT2D eigenvalue weighted by Gasteiger charge is 2.28. The van der Waals surface area contributed by atoms with Gasteiger partial charge in [0.15, 0.2) is 0 Å². The molecular weight excluding hydrogens is 302 g/mol. The lowest BCUT2D eigenvalue weighted by molar-refractivity contribution is 0.310. The van der Waals surface area contributed by atoms with Crippen LogP contribution in [-0.4, -0.2) is 51.6 Å². The first kappa shape index (κ1) is 15.1. The quantitative estimate of drug-likeness (QED) is 0.846. The van der Waals surface area contributed by atoms with Gasteiger partial charge in [-0.1, -0.05) is 0 Å². The van der Waals surface area contributed by atoms with Gasteiger partial charge in [0.25, 0.3) is 0 Å². The predicted molar refractivity (Wildman–Crippen MR) is 82.3 cm³/mol. The molecule has 0 N–H and O–H groups in total. The van der Waals surface area contributed by atoms with Gasteiger partial charge in [-0.2, -0.15) is 0 Å². The third-order valence-corrected chi connectivity index (χ3v) is 5.11. The van der Waals surface area contributed by atoms with Crippen molar-refractivity contribution in [1.29, 1.82) is 0 Å². The lowest BCUT2D eigenvalue weighted by Gasteiger charge is -2.30. The van der Waals surface area contributed by atoms with Crippen LogP contribution in [0.15, 0.2) is 24.8 Å². The van der Waals surface area contributed by atoms with Gasteiger partial charge in [-0.05, 0) is 19.8 Å². The van der Waals surface area contributed by atoms with Gasteiger partial charge in [-0.3, -0.25) is 4.57 Å². The van der Waals surface area contributed by atoms with Gasteiger partial charge in [0, 0.05) is 43.2 Å². The highest BCUT2D eigenvalue weighted by Crippen LogP contribution is 2.26. The lowest BCUT2D eigenvalue weighted by atomic mass is 9.99. The van der Waals surface area contributed by atoms with Crippen molar-refractivity contribution < 1.29 is 8.42 Å².